The van der Waals surface area contributed by atoms with Crippen LogP contribution >= 0.6 is 11.3 Å². The Morgan fingerprint density at radius 3 is 1.59 bits per heavy atom. The average molecular weight is 769 g/mol. The molecule has 0 saturated carbocycles. The summed E-state index contributed by atoms with van der Waals surface area (Å²) >= 11 is 1.89. The van der Waals surface area contributed by atoms with Crippen LogP contribution in [0, 0.1) is 0 Å². The standard InChI is InChI=1S/C56H36N2S/c1-3-12-37(13-4-1)38-22-29-44(30-23-38)57(52-21-11-20-50-51-35-27-41-15-8-10-19-47(41)55(51)59-56(50)52)45-31-24-39(25-32-45)42-28-33-48-49-34-26-40-14-7-9-18-46(40)54(49)58(53(48)36-42)43-16-5-2-6-17-43/h1-36H. The van der Waals surface area contributed by atoms with Crippen molar-refractivity contribution in [1.29, 1.82) is 0 Å². The van der Waals surface area contributed by atoms with Gasteiger partial charge in [0.25, 0.3) is 0 Å². The number of nitrogens with zero attached hydrogens (tertiary/aromatic N) is 2. The first-order valence-electron chi connectivity index (χ1n) is 20.2. The lowest BCUT2D eigenvalue weighted by Gasteiger charge is -2.26. The lowest BCUT2D eigenvalue weighted by Crippen LogP contribution is -2.10. The van der Waals surface area contributed by atoms with Crippen LogP contribution in [-0.4, -0.2) is 4.57 Å². The summed E-state index contributed by atoms with van der Waals surface area (Å²) in [5.74, 6) is 0. The highest BCUT2D eigenvalue weighted by molar-refractivity contribution is 7.27. The molecule has 59 heavy (non-hydrogen) atoms. The maximum atomic E-state index is 2.45. The molecule has 0 radical (unpaired) electrons. The van der Waals surface area contributed by atoms with Crippen LogP contribution in [0.15, 0.2) is 218 Å². The Kier molecular flexibility index (Phi) is 7.75. The fourth-order valence-electron chi connectivity index (χ4n) is 9.15. The Hall–Kier alpha value is -7.46. The molecular weight excluding hydrogens is 733 g/mol. The summed E-state index contributed by atoms with van der Waals surface area (Å²) < 4.78 is 5.05. The Morgan fingerprint density at radius 2 is 0.864 bits per heavy atom. The number of benzene rings is 10. The van der Waals surface area contributed by atoms with Gasteiger partial charge in [0.1, 0.15) is 0 Å². The molecule has 2 heterocycles. The van der Waals surface area contributed by atoms with Crippen LogP contribution in [0.25, 0.3) is 91.5 Å². The third-order valence-electron chi connectivity index (χ3n) is 12.0. The fourth-order valence-corrected chi connectivity index (χ4v) is 10.5. The summed E-state index contributed by atoms with van der Waals surface area (Å²) in [5.41, 5.74) is 11.8. The van der Waals surface area contributed by atoms with Crippen molar-refractivity contribution < 1.29 is 0 Å². The predicted molar refractivity (Wildman–Crippen MR) is 254 cm³/mol. The molecule has 2 nitrogen and oxygen atoms in total. The van der Waals surface area contributed by atoms with E-state index in [1.165, 1.54) is 91.5 Å². The van der Waals surface area contributed by atoms with Crippen molar-refractivity contribution in [3.8, 4) is 27.9 Å². The van der Waals surface area contributed by atoms with Crippen LogP contribution in [0.5, 0.6) is 0 Å². The Labute approximate surface area is 346 Å². The van der Waals surface area contributed by atoms with E-state index in [1.807, 2.05) is 11.3 Å². The zero-order valence-electron chi connectivity index (χ0n) is 32.1. The van der Waals surface area contributed by atoms with Gasteiger partial charge in [-0.3, -0.25) is 0 Å². The molecule has 0 unspecified atom stereocenters. The predicted octanol–water partition coefficient (Wildman–Crippen LogP) is 16.3. The van der Waals surface area contributed by atoms with Crippen molar-refractivity contribution in [2.45, 2.75) is 0 Å². The summed E-state index contributed by atoms with van der Waals surface area (Å²) in [7, 11) is 0. The molecule has 10 aromatic carbocycles. The van der Waals surface area contributed by atoms with Crippen LogP contribution in [0.4, 0.5) is 17.1 Å². The van der Waals surface area contributed by atoms with Gasteiger partial charge in [-0.1, -0.05) is 170 Å². The molecule has 12 aromatic rings. The maximum absolute atomic E-state index is 2.45. The third-order valence-corrected chi connectivity index (χ3v) is 13.2. The highest BCUT2D eigenvalue weighted by Crippen LogP contribution is 2.47. The molecule has 0 aliphatic rings. The third kappa shape index (κ3) is 5.47. The first-order chi connectivity index (χ1) is 29.3. The van der Waals surface area contributed by atoms with Gasteiger partial charge in [0.05, 0.1) is 21.4 Å². The van der Waals surface area contributed by atoms with Gasteiger partial charge in [-0.2, -0.15) is 0 Å². The van der Waals surface area contributed by atoms with Gasteiger partial charge < -0.3 is 9.47 Å². The molecule has 276 valence electrons. The summed E-state index contributed by atoms with van der Waals surface area (Å²) in [4.78, 5) is 2.43. The second kappa shape index (κ2) is 13.6. The number of aromatic nitrogens is 1. The van der Waals surface area contributed by atoms with Crippen LogP contribution in [0.1, 0.15) is 0 Å². The minimum absolute atomic E-state index is 1.11. The van der Waals surface area contributed by atoms with Gasteiger partial charge in [-0.05, 0) is 86.9 Å². The molecule has 0 fully saturated rings. The molecule has 12 rings (SSSR count). The van der Waals surface area contributed by atoms with Crippen LogP contribution in [0.3, 0.4) is 0 Å². The summed E-state index contributed by atoms with van der Waals surface area (Å²) in [6.07, 6.45) is 0. The van der Waals surface area contributed by atoms with Gasteiger partial charge in [-0.15, -0.1) is 11.3 Å². The lowest BCUT2D eigenvalue weighted by atomic mass is 10.0. The van der Waals surface area contributed by atoms with E-state index in [-0.39, 0.29) is 0 Å². The monoisotopic (exact) mass is 768 g/mol. The quantitative estimate of drug-likeness (QED) is 0.164. The number of anilines is 3. The van der Waals surface area contributed by atoms with Crippen molar-refractivity contribution >= 4 is 91.9 Å². The molecule has 0 spiro atoms. The first kappa shape index (κ1) is 33.7. The Morgan fingerprint density at radius 1 is 0.339 bits per heavy atom. The van der Waals surface area contributed by atoms with E-state index in [0.717, 1.165) is 17.1 Å². The number of fused-ring (bicyclic) bond motifs is 10. The van der Waals surface area contributed by atoms with E-state index in [1.54, 1.807) is 0 Å². The van der Waals surface area contributed by atoms with Crippen molar-refractivity contribution in [1.82, 2.24) is 4.57 Å². The molecular formula is C56H36N2S. The van der Waals surface area contributed by atoms with Crippen LogP contribution < -0.4 is 4.90 Å². The van der Waals surface area contributed by atoms with E-state index in [2.05, 4.69) is 228 Å². The summed E-state index contributed by atoms with van der Waals surface area (Å²) in [5, 5.41) is 10.2. The van der Waals surface area contributed by atoms with E-state index in [0.29, 0.717) is 0 Å². The molecule has 0 bridgehead atoms. The van der Waals surface area contributed by atoms with Crippen LogP contribution in [-0.2, 0) is 0 Å². The second-order valence-corrected chi connectivity index (χ2v) is 16.3. The smallest absolute Gasteiger partial charge is 0.0640 e. The van der Waals surface area contributed by atoms with Gasteiger partial charge in [0.2, 0.25) is 0 Å². The average Bonchev–Trinajstić information content (AvgIpc) is 3.87. The van der Waals surface area contributed by atoms with Gasteiger partial charge in [0.15, 0.2) is 0 Å². The van der Waals surface area contributed by atoms with Crippen molar-refractivity contribution in [2.24, 2.45) is 0 Å². The highest BCUT2D eigenvalue weighted by Gasteiger charge is 2.20. The zero-order chi connectivity index (χ0) is 38.9. The normalized spacial score (nSPS) is 11.7. The minimum Gasteiger partial charge on any atom is -0.309 e. The van der Waals surface area contributed by atoms with Gasteiger partial charge in [-0.25, -0.2) is 0 Å². The molecule has 0 aliphatic heterocycles. The molecule has 0 atom stereocenters. The summed E-state index contributed by atoms with van der Waals surface area (Å²) in [6, 6.07) is 79.8. The van der Waals surface area contributed by atoms with Crippen LogP contribution in [0.2, 0.25) is 0 Å². The maximum Gasteiger partial charge on any atom is 0.0640 e. The molecule has 0 amide bonds. The second-order valence-electron chi connectivity index (χ2n) is 15.3. The molecule has 3 heteroatoms. The van der Waals surface area contributed by atoms with Crippen molar-refractivity contribution in [2.75, 3.05) is 4.90 Å². The summed E-state index contributed by atoms with van der Waals surface area (Å²) in [6.45, 7) is 0. The zero-order valence-corrected chi connectivity index (χ0v) is 32.9. The van der Waals surface area contributed by atoms with Gasteiger partial charge in [0, 0.05) is 48.7 Å². The number of para-hydroxylation sites is 1. The highest BCUT2D eigenvalue weighted by atomic mass is 32.1. The van der Waals surface area contributed by atoms with E-state index < -0.39 is 0 Å². The van der Waals surface area contributed by atoms with Crippen molar-refractivity contribution in [3.05, 3.63) is 218 Å². The van der Waals surface area contributed by atoms with E-state index in [4.69, 9.17) is 0 Å². The van der Waals surface area contributed by atoms with E-state index in [9.17, 15) is 0 Å². The Balaban J connectivity index is 1.02. The largest absolute Gasteiger partial charge is 0.309 e. The minimum atomic E-state index is 1.11. The van der Waals surface area contributed by atoms with Gasteiger partial charge >= 0.3 is 0 Å². The topological polar surface area (TPSA) is 8.17 Å². The van der Waals surface area contributed by atoms with E-state index >= 15 is 0 Å². The first-order valence-corrected chi connectivity index (χ1v) is 21.0. The fraction of sp³-hybridized carbons (Fsp3) is 0. The molecule has 2 aromatic heterocycles. The molecule has 0 N–H and O–H groups in total. The lowest BCUT2D eigenvalue weighted by molar-refractivity contribution is 1.19. The molecule has 0 saturated heterocycles. The number of hydrogen-bond acceptors (Lipinski definition) is 2. The SMILES string of the molecule is c1ccc(-c2ccc(N(c3ccc(-c4ccc5c6ccc7ccccc7c6n(-c6ccccc6)c5c4)cc3)c3cccc4c3sc3c5ccccc5ccc43)cc2)cc1. The number of thiophene rings is 1. The number of rotatable bonds is 6. The molecule has 0 aliphatic carbocycles. The van der Waals surface area contributed by atoms with Crippen molar-refractivity contribution in [3.63, 3.8) is 0 Å². The Bertz CT molecular complexity index is 3530. The number of hydrogen-bond donors (Lipinski definition) is 0.